The van der Waals surface area contributed by atoms with Crippen molar-refractivity contribution in [3.8, 4) is 5.75 Å². The zero-order valence-electron chi connectivity index (χ0n) is 12.5. The van der Waals surface area contributed by atoms with E-state index in [4.69, 9.17) is 9.84 Å². The van der Waals surface area contributed by atoms with Crippen molar-refractivity contribution in [1.29, 1.82) is 0 Å². The number of benzene rings is 1. The van der Waals surface area contributed by atoms with Gasteiger partial charge in [0.1, 0.15) is 5.75 Å². The zero-order valence-corrected chi connectivity index (χ0v) is 12.5. The number of nitrogens with zero attached hydrogens (tertiary/aromatic N) is 1. The van der Waals surface area contributed by atoms with Gasteiger partial charge in [-0.25, -0.2) is 0 Å². The highest BCUT2D eigenvalue weighted by Crippen LogP contribution is 2.23. The normalized spacial score (nSPS) is 18.6. The number of hydrogen-bond donors (Lipinski definition) is 1. The number of methoxy groups -OCH3 is 1. The number of hydrogen-bond acceptors (Lipinski definition) is 3. The fourth-order valence-corrected chi connectivity index (χ4v) is 2.73. The fourth-order valence-electron chi connectivity index (χ4n) is 2.73. The van der Waals surface area contributed by atoms with Gasteiger partial charge in [0.05, 0.1) is 13.4 Å². The highest BCUT2D eigenvalue weighted by Gasteiger charge is 2.28. The molecular weight excluding hydrogens is 266 g/mol. The van der Waals surface area contributed by atoms with Gasteiger partial charge in [0.2, 0.25) is 5.91 Å². The smallest absolute Gasteiger partial charge is 0.222 e. The van der Waals surface area contributed by atoms with Crippen LogP contribution in [-0.2, 0) is 11.2 Å². The van der Waals surface area contributed by atoms with Gasteiger partial charge in [0.15, 0.2) is 0 Å². The number of aliphatic hydroxyl groups is 1. The van der Waals surface area contributed by atoms with E-state index >= 15 is 0 Å². The van der Waals surface area contributed by atoms with Crippen LogP contribution < -0.4 is 4.74 Å². The first-order valence-electron chi connectivity index (χ1n) is 7.43. The molecule has 1 amide bonds. The lowest BCUT2D eigenvalue weighted by Gasteiger charge is -2.16. The Hall–Kier alpha value is -1.97. The first kappa shape index (κ1) is 15.4. The first-order valence-corrected chi connectivity index (χ1v) is 7.43. The van der Waals surface area contributed by atoms with Crippen molar-refractivity contribution in [2.24, 2.45) is 5.92 Å². The van der Waals surface area contributed by atoms with E-state index in [0.29, 0.717) is 12.3 Å². The van der Waals surface area contributed by atoms with Crippen LogP contribution in [0.3, 0.4) is 0 Å². The summed E-state index contributed by atoms with van der Waals surface area (Å²) >= 11 is 0. The van der Waals surface area contributed by atoms with E-state index in [1.54, 1.807) is 13.2 Å². The average molecular weight is 289 g/mol. The number of aliphatic hydroxyl groups excluding tert-OH is 1. The third-order valence-electron chi connectivity index (χ3n) is 3.97. The van der Waals surface area contributed by atoms with E-state index in [2.05, 4.69) is 0 Å². The largest absolute Gasteiger partial charge is 0.516 e. The molecule has 2 rings (SSSR count). The molecule has 1 N–H and O–H groups in total. The minimum absolute atomic E-state index is 0.251. The molecule has 4 nitrogen and oxygen atoms in total. The third kappa shape index (κ3) is 4.52. The Bertz CT molecular complexity index is 481. The molecule has 114 valence electrons. The van der Waals surface area contributed by atoms with Crippen LogP contribution in [0.4, 0.5) is 0 Å². The number of rotatable bonds is 7. The summed E-state index contributed by atoms with van der Waals surface area (Å²) in [6, 6.07) is 7.99. The molecule has 1 aliphatic heterocycles. The van der Waals surface area contributed by atoms with Gasteiger partial charge in [-0.1, -0.05) is 18.2 Å². The van der Waals surface area contributed by atoms with Crippen LogP contribution in [0.1, 0.15) is 24.8 Å². The van der Waals surface area contributed by atoms with Crippen molar-refractivity contribution in [2.45, 2.75) is 25.7 Å². The summed E-state index contributed by atoms with van der Waals surface area (Å²) in [7, 11) is 1.66. The predicted octanol–water partition coefficient (Wildman–Crippen LogP) is 2.94. The van der Waals surface area contributed by atoms with Crippen molar-refractivity contribution < 1.29 is 14.6 Å². The highest BCUT2D eigenvalue weighted by molar-refractivity contribution is 5.78. The van der Waals surface area contributed by atoms with Gasteiger partial charge in [-0.3, -0.25) is 4.79 Å². The van der Waals surface area contributed by atoms with E-state index in [1.165, 1.54) is 5.56 Å². The molecule has 21 heavy (non-hydrogen) atoms. The van der Waals surface area contributed by atoms with Crippen molar-refractivity contribution >= 4 is 5.91 Å². The minimum Gasteiger partial charge on any atom is -0.516 e. The van der Waals surface area contributed by atoms with Gasteiger partial charge in [-0.2, -0.15) is 0 Å². The highest BCUT2D eigenvalue weighted by atomic mass is 16.5. The van der Waals surface area contributed by atoms with E-state index in [1.807, 2.05) is 29.2 Å². The number of carbonyl (C=O) groups excluding carboxylic acids is 1. The van der Waals surface area contributed by atoms with Crippen LogP contribution in [-0.4, -0.2) is 36.1 Å². The summed E-state index contributed by atoms with van der Waals surface area (Å²) < 4.78 is 5.14. The molecule has 1 saturated heterocycles. The summed E-state index contributed by atoms with van der Waals surface area (Å²) in [6.45, 7) is 1.62. The van der Waals surface area contributed by atoms with Crippen molar-refractivity contribution in [2.75, 3.05) is 20.2 Å². The number of amides is 1. The average Bonchev–Trinajstić information content (AvgIpc) is 2.86. The Kier molecular flexibility index (Phi) is 5.67. The Morgan fingerprint density at radius 1 is 1.38 bits per heavy atom. The second-order valence-electron chi connectivity index (χ2n) is 5.47. The van der Waals surface area contributed by atoms with Crippen molar-refractivity contribution in [1.82, 2.24) is 4.90 Å². The van der Waals surface area contributed by atoms with Crippen LogP contribution in [0.5, 0.6) is 5.75 Å². The van der Waals surface area contributed by atoms with Gasteiger partial charge >= 0.3 is 0 Å². The maximum Gasteiger partial charge on any atom is 0.222 e. The molecule has 0 aliphatic carbocycles. The fraction of sp³-hybridized carbons (Fsp3) is 0.471. The minimum atomic E-state index is 0.251. The Labute approximate surface area is 126 Å². The molecule has 1 fully saturated rings. The van der Waals surface area contributed by atoms with Crippen LogP contribution >= 0.6 is 0 Å². The summed E-state index contributed by atoms with van der Waals surface area (Å²) in [5.41, 5.74) is 1.22. The number of ether oxygens (including phenoxy) is 1. The van der Waals surface area contributed by atoms with Gasteiger partial charge in [-0.05, 0) is 42.9 Å². The van der Waals surface area contributed by atoms with E-state index in [9.17, 15) is 4.79 Å². The molecular formula is C17H23NO3. The summed E-state index contributed by atoms with van der Waals surface area (Å²) in [6.07, 6.45) is 6.13. The predicted molar refractivity (Wildman–Crippen MR) is 82.4 cm³/mol. The molecule has 4 heteroatoms. The lowest BCUT2D eigenvalue weighted by atomic mass is 10.0. The van der Waals surface area contributed by atoms with Crippen LogP contribution in [0.2, 0.25) is 0 Å². The standard InChI is InChI=1S/C17H23NO3/c1-21-16-7-5-14(6-8-16)9-10-18-13-15(12-17(18)20)4-2-3-11-19/h3,5-8,11,15,19H,2,4,9-10,12-13H2,1H3/t15-/m1/s1. The molecule has 1 aliphatic rings. The second kappa shape index (κ2) is 7.72. The maximum atomic E-state index is 12.0. The molecule has 1 aromatic carbocycles. The summed E-state index contributed by atoms with van der Waals surface area (Å²) in [5.74, 6) is 1.53. The van der Waals surface area contributed by atoms with Crippen molar-refractivity contribution in [3.63, 3.8) is 0 Å². The lowest BCUT2D eigenvalue weighted by molar-refractivity contribution is -0.127. The van der Waals surface area contributed by atoms with Gasteiger partial charge < -0.3 is 14.7 Å². The van der Waals surface area contributed by atoms with Gasteiger partial charge in [0.25, 0.3) is 0 Å². The molecule has 0 unspecified atom stereocenters. The molecule has 1 aromatic rings. The molecule has 1 heterocycles. The Morgan fingerprint density at radius 3 is 2.81 bits per heavy atom. The van der Waals surface area contributed by atoms with Gasteiger partial charge in [0, 0.05) is 19.5 Å². The van der Waals surface area contributed by atoms with E-state index in [-0.39, 0.29) is 5.91 Å². The SMILES string of the molecule is COc1ccc(CCN2C[C@H](CCC=CO)CC2=O)cc1. The summed E-state index contributed by atoms with van der Waals surface area (Å²) in [5, 5.41) is 8.62. The van der Waals surface area contributed by atoms with Crippen molar-refractivity contribution in [3.05, 3.63) is 42.2 Å². The van der Waals surface area contributed by atoms with Crippen LogP contribution in [0, 0.1) is 5.92 Å². The maximum absolute atomic E-state index is 12.0. The topological polar surface area (TPSA) is 49.8 Å². The number of carbonyl (C=O) groups is 1. The Morgan fingerprint density at radius 2 is 2.14 bits per heavy atom. The molecule has 0 bridgehead atoms. The molecule has 1 atom stereocenters. The first-order chi connectivity index (χ1) is 10.2. The second-order valence-corrected chi connectivity index (χ2v) is 5.47. The zero-order chi connectivity index (χ0) is 15.1. The van der Waals surface area contributed by atoms with E-state index < -0.39 is 0 Å². The molecule has 0 spiro atoms. The molecule has 0 saturated carbocycles. The third-order valence-corrected chi connectivity index (χ3v) is 3.97. The number of likely N-dealkylation sites (tertiary alicyclic amines) is 1. The molecule has 0 aromatic heterocycles. The monoisotopic (exact) mass is 289 g/mol. The van der Waals surface area contributed by atoms with Crippen LogP contribution in [0.15, 0.2) is 36.6 Å². The number of allylic oxidation sites excluding steroid dienone is 1. The molecule has 0 radical (unpaired) electrons. The Balaban J connectivity index is 1.78. The summed E-state index contributed by atoms with van der Waals surface area (Å²) in [4.78, 5) is 13.9. The van der Waals surface area contributed by atoms with E-state index in [0.717, 1.165) is 44.4 Å². The quantitative estimate of drug-likeness (QED) is 0.785. The van der Waals surface area contributed by atoms with Crippen LogP contribution in [0.25, 0.3) is 0 Å². The lowest BCUT2D eigenvalue weighted by Crippen LogP contribution is -2.27. The van der Waals surface area contributed by atoms with Gasteiger partial charge in [-0.15, -0.1) is 0 Å².